The molecule has 6 heteroatoms. The summed E-state index contributed by atoms with van der Waals surface area (Å²) < 4.78 is 0. The summed E-state index contributed by atoms with van der Waals surface area (Å²) in [4.78, 5) is 31.6. The summed E-state index contributed by atoms with van der Waals surface area (Å²) in [5.41, 5.74) is 1.41. The molecule has 110 valence electrons. The molecule has 1 aromatic carbocycles. The SMILES string of the molecule is CCCCC(NC(=O)c1cnc2ccccc2n1)C(=O)O. The lowest BCUT2D eigenvalue weighted by Gasteiger charge is -2.13. The number of aromatic nitrogens is 2. The van der Waals surface area contributed by atoms with Gasteiger partial charge in [-0.1, -0.05) is 31.9 Å². The molecular weight excluding hydrogens is 270 g/mol. The first-order valence-electron chi connectivity index (χ1n) is 6.87. The van der Waals surface area contributed by atoms with E-state index in [0.717, 1.165) is 12.8 Å². The molecular formula is C15H17N3O3. The molecule has 6 nitrogen and oxygen atoms in total. The zero-order valence-corrected chi connectivity index (χ0v) is 11.7. The summed E-state index contributed by atoms with van der Waals surface area (Å²) in [6.07, 6.45) is 3.37. The number of carbonyl (C=O) groups excluding carboxylic acids is 1. The van der Waals surface area contributed by atoms with Gasteiger partial charge in [-0.05, 0) is 18.6 Å². The molecule has 0 aliphatic heterocycles. The summed E-state index contributed by atoms with van der Waals surface area (Å²) in [6, 6.07) is 6.30. The van der Waals surface area contributed by atoms with Crippen LogP contribution >= 0.6 is 0 Å². The third-order valence-electron chi connectivity index (χ3n) is 3.13. The van der Waals surface area contributed by atoms with Crippen LogP contribution in [0.15, 0.2) is 30.5 Å². The maximum absolute atomic E-state index is 12.1. The normalized spacial score (nSPS) is 12.0. The van der Waals surface area contributed by atoms with Crippen molar-refractivity contribution in [1.29, 1.82) is 0 Å². The quantitative estimate of drug-likeness (QED) is 0.847. The molecule has 0 aliphatic rings. The Labute approximate surface area is 122 Å². The molecule has 0 saturated carbocycles. The van der Waals surface area contributed by atoms with Gasteiger partial charge in [0.05, 0.1) is 17.2 Å². The van der Waals surface area contributed by atoms with Gasteiger partial charge < -0.3 is 10.4 Å². The van der Waals surface area contributed by atoms with Gasteiger partial charge in [-0.25, -0.2) is 9.78 Å². The molecule has 21 heavy (non-hydrogen) atoms. The molecule has 1 unspecified atom stereocenters. The van der Waals surface area contributed by atoms with Crippen molar-refractivity contribution in [3.05, 3.63) is 36.2 Å². The van der Waals surface area contributed by atoms with Crippen LogP contribution in [-0.2, 0) is 4.79 Å². The first-order chi connectivity index (χ1) is 10.1. The van der Waals surface area contributed by atoms with Crippen LogP contribution in [0.3, 0.4) is 0 Å². The van der Waals surface area contributed by atoms with Gasteiger partial charge in [0.25, 0.3) is 5.91 Å². The molecule has 1 aromatic heterocycles. The molecule has 0 saturated heterocycles. The second-order valence-electron chi connectivity index (χ2n) is 4.75. The maximum atomic E-state index is 12.1. The Hall–Kier alpha value is -2.50. The Bertz CT molecular complexity index is 657. The minimum atomic E-state index is -1.04. The van der Waals surface area contributed by atoms with Crippen LogP contribution in [0, 0.1) is 0 Å². The monoisotopic (exact) mass is 287 g/mol. The van der Waals surface area contributed by atoms with E-state index in [9.17, 15) is 9.59 Å². The first-order valence-corrected chi connectivity index (χ1v) is 6.87. The highest BCUT2D eigenvalue weighted by Crippen LogP contribution is 2.09. The molecule has 1 atom stereocenters. The third kappa shape index (κ3) is 3.75. The Morgan fingerprint density at radius 3 is 2.67 bits per heavy atom. The van der Waals surface area contributed by atoms with Crippen LogP contribution in [0.2, 0.25) is 0 Å². The van der Waals surface area contributed by atoms with Crippen molar-refractivity contribution in [2.75, 3.05) is 0 Å². The predicted molar refractivity (Wildman–Crippen MR) is 78.0 cm³/mol. The van der Waals surface area contributed by atoms with Gasteiger partial charge >= 0.3 is 5.97 Å². The number of benzene rings is 1. The summed E-state index contributed by atoms with van der Waals surface area (Å²) in [7, 11) is 0. The third-order valence-corrected chi connectivity index (χ3v) is 3.13. The summed E-state index contributed by atoms with van der Waals surface area (Å²) >= 11 is 0. The van der Waals surface area contributed by atoms with Gasteiger partial charge in [-0.2, -0.15) is 0 Å². The molecule has 0 bridgehead atoms. The van der Waals surface area contributed by atoms with Gasteiger partial charge in [0.2, 0.25) is 0 Å². The fourth-order valence-corrected chi connectivity index (χ4v) is 1.96. The average molecular weight is 287 g/mol. The number of fused-ring (bicyclic) bond motifs is 1. The van der Waals surface area contributed by atoms with Gasteiger partial charge in [0.15, 0.2) is 0 Å². The van der Waals surface area contributed by atoms with E-state index in [1.807, 2.05) is 13.0 Å². The van der Waals surface area contributed by atoms with Crippen LogP contribution in [0.4, 0.5) is 0 Å². The number of rotatable bonds is 6. The van der Waals surface area contributed by atoms with Crippen LogP contribution < -0.4 is 5.32 Å². The minimum absolute atomic E-state index is 0.122. The van der Waals surface area contributed by atoms with E-state index in [4.69, 9.17) is 5.11 Å². The number of hydrogen-bond acceptors (Lipinski definition) is 4. The number of hydrogen-bond donors (Lipinski definition) is 2. The minimum Gasteiger partial charge on any atom is -0.480 e. The van der Waals surface area contributed by atoms with E-state index >= 15 is 0 Å². The van der Waals surface area contributed by atoms with Crippen LogP contribution in [0.1, 0.15) is 36.7 Å². The van der Waals surface area contributed by atoms with Crippen molar-refractivity contribution < 1.29 is 14.7 Å². The first kappa shape index (κ1) is 14.9. The fraction of sp³-hybridized carbons (Fsp3) is 0.333. The number of carbonyl (C=O) groups is 2. The number of aliphatic carboxylic acids is 1. The number of amides is 1. The van der Waals surface area contributed by atoms with Crippen LogP contribution in [0.25, 0.3) is 11.0 Å². The number of carboxylic acids is 1. The number of nitrogens with one attached hydrogen (secondary N) is 1. The molecule has 0 spiro atoms. The molecule has 1 amide bonds. The zero-order chi connectivity index (χ0) is 15.2. The van der Waals surface area contributed by atoms with Gasteiger partial charge in [0.1, 0.15) is 11.7 Å². The van der Waals surface area contributed by atoms with Crippen molar-refractivity contribution in [1.82, 2.24) is 15.3 Å². The lowest BCUT2D eigenvalue weighted by atomic mass is 10.1. The number of unbranched alkanes of at least 4 members (excludes halogenated alkanes) is 1. The molecule has 0 radical (unpaired) electrons. The molecule has 2 N–H and O–H groups in total. The smallest absolute Gasteiger partial charge is 0.326 e. The van der Waals surface area contributed by atoms with Crippen molar-refractivity contribution in [3.8, 4) is 0 Å². The topological polar surface area (TPSA) is 92.2 Å². The van der Waals surface area contributed by atoms with E-state index in [-0.39, 0.29) is 5.69 Å². The van der Waals surface area contributed by atoms with Crippen molar-refractivity contribution in [3.63, 3.8) is 0 Å². The van der Waals surface area contributed by atoms with Crippen molar-refractivity contribution >= 4 is 22.9 Å². The Morgan fingerprint density at radius 1 is 1.29 bits per heavy atom. The second kappa shape index (κ2) is 6.78. The van der Waals surface area contributed by atoms with E-state index in [2.05, 4.69) is 15.3 Å². The highest BCUT2D eigenvalue weighted by molar-refractivity contribution is 5.96. The van der Waals surface area contributed by atoms with Gasteiger partial charge in [-0.3, -0.25) is 9.78 Å². The highest BCUT2D eigenvalue weighted by atomic mass is 16.4. The maximum Gasteiger partial charge on any atom is 0.326 e. The Kier molecular flexibility index (Phi) is 4.81. The Morgan fingerprint density at radius 2 is 2.00 bits per heavy atom. The van der Waals surface area contributed by atoms with E-state index in [1.54, 1.807) is 18.2 Å². The van der Waals surface area contributed by atoms with Crippen molar-refractivity contribution in [2.45, 2.75) is 32.2 Å². The number of para-hydroxylation sites is 2. The molecule has 0 fully saturated rings. The van der Waals surface area contributed by atoms with E-state index in [0.29, 0.717) is 17.5 Å². The van der Waals surface area contributed by atoms with Crippen molar-refractivity contribution in [2.24, 2.45) is 0 Å². The highest BCUT2D eigenvalue weighted by Gasteiger charge is 2.20. The lowest BCUT2D eigenvalue weighted by molar-refractivity contribution is -0.139. The largest absolute Gasteiger partial charge is 0.480 e. The summed E-state index contributed by atoms with van der Waals surface area (Å²) in [5.74, 6) is -1.55. The van der Waals surface area contributed by atoms with E-state index < -0.39 is 17.9 Å². The fourth-order valence-electron chi connectivity index (χ4n) is 1.96. The van der Waals surface area contributed by atoms with Gasteiger partial charge in [-0.15, -0.1) is 0 Å². The number of carboxylic acid groups (broad SMARTS) is 1. The summed E-state index contributed by atoms with van der Waals surface area (Å²) in [5, 5.41) is 11.6. The molecule has 2 aromatic rings. The standard InChI is InChI=1S/C15H17N3O3/c1-2-3-6-12(15(20)21)18-14(19)13-9-16-10-7-4-5-8-11(10)17-13/h4-5,7-9,12H,2-3,6H2,1H3,(H,18,19)(H,20,21). The zero-order valence-electron chi connectivity index (χ0n) is 11.7. The van der Waals surface area contributed by atoms with Crippen LogP contribution in [0.5, 0.6) is 0 Å². The Balaban J connectivity index is 2.15. The predicted octanol–water partition coefficient (Wildman–Crippen LogP) is 2.00. The molecule has 2 rings (SSSR count). The summed E-state index contributed by atoms with van der Waals surface area (Å²) in [6.45, 7) is 1.97. The average Bonchev–Trinajstić information content (AvgIpc) is 2.50. The van der Waals surface area contributed by atoms with Gasteiger partial charge in [0, 0.05) is 0 Å². The molecule has 1 heterocycles. The lowest BCUT2D eigenvalue weighted by Crippen LogP contribution is -2.41. The molecule has 0 aliphatic carbocycles. The van der Waals surface area contributed by atoms with Crippen LogP contribution in [-0.4, -0.2) is 33.0 Å². The second-order valence-corrected chi connectivity index (χ2v) is 4.75. The number of nitrogens with zero attached hydrogens (tertiary/aromatic N) is 2. The van der Waals surface area contributed by atoms with E-state index in [1.165, 1.54) is 6.20 Å².